The van der Waals surface area contributed by atoms with E-state index in [0.29, 0.717) is 6.54 Å². The van der Waals surface area contributed by atoms with E-state index in [1.54, 1.807) is 12.1 Å². The lowest BCUT2D eigenvalue weighted by molar-refractivity contribution is 0.0810. The van der Waals surface area contributed by atoms with Crippen molar-refractivity contribution in [2.75, 3.05) is 13.2 Å². The van der Waals surface area contributed by atoms with E-state index in [1.165, 1.54) is 25.3 Å². The number of hydrogen-bond donors (Lipinski definition) is 2. The molecule has 0 radical (unpaired) electrons. The van der Waals surface area contributed by atoms with Gasteiger partial charge in [0.25, 0.3) is 0 Å². The highest BCUT2D eigenvalue weighted by Crippen LogP contribution is 2.35. The second-order valence-corrected chi connectivity index (χ2v) is 6.41. The maximum absolute atomic E-state index is 13.2. The summed E-state index contributed by atoms with van der Waals surface area (Å²) in [5.41, 5.74) is 0.946. The second-order valence-electron chi connectivity index (χ2n) is 5.56. The van der Waals surface area contributed by atoms with Crippen molar-refractivity contribution in [1.29, 1.82) is 0 Å². The molecule has 0 unspecified atom stereocenters. The maximum atomic E-state index is 13.2. The number of halogens is 2. The van der Waals surface area contributed by atoms with Crippen molar-refractivity contribution in [3.8, 4) is 0 Å². The summed E-state index contributed by atoms with van der Waals surface area (Å²) in [5, 5.41) is 13.0. The zero-order valence-electron chi connectivity index (χ0n) is 11.1. The third-order valence-corrected chi connectivity index (χ3v) is 4.85. The molecule has 0 atom stereocenters. The molecule has 1 saturated carbocycles. The van der Waals surface area contributed by atoms with Crippen LogP contribution in [0.4, 0.5) is 4.39 Å². The van der Waals surface area contributed by atoms with Gasteiger partial charge in [-0.3, -0.25) is 0 Å². The standard InChI is InChI=1S/C15H21BrFNO/c16-14-5-4-13(17)8-12(14)9-18-10-15(11-19)6-2-1-3-7-15/h4-5,8,18-19H,1-3,6-7,9-11H2. The van der Waals surface area contributed by atoms with Gasteiger partial charge in [0.15, 0.2) is 0 Å². The lowest BCUT2D eigenvalue weighted by Crippen LogP contribution is -2.38. The Hall–Kier alpha value is -0.450. The van der Waals surface area contributed by atoms with Gasteiger partial charge < -0.3 is 10.4 Å². The third kappa shape index (κ3) is 4.01. The lowest BCUT2D eigenvalue weighted by atomic mass is 9.74. The second kappa shape index (κ2) is 6.82. The average molecular weight is 330 g/mol. The van der Waals surface area contributed by atoms with Crippen molar-refractivity contribution >= 4 is 15.9 Å². The summed E-state index contributed by atoms with van der Waals surface area (Å²) in [6.45, 7) is 1.66. The molecule has 1 aromatic carbocycles. The Kier molecular flexibility index (Phi) is 5.37. The van der Waals surface area contributed by atoms with Gasteiger partial charge in [-0.15, -0.1) is 0 Å². The molecule has 0 aliphatic heterocycles. The molecule has 2 N–H and O–H groups in total. The van der Waals surface area contributed by atoms with E-state index in [4.69, 9.17) is 0 Å². The van der Waals surface area contributed by atoms with Gasteiger partial charge in [0, 0.05) is 29.6 Å². The van der Waals surface area contributed by atoms with E-state index in [2.05, 4.69) is 21.2 Å². The minimum Gasteiger partial charge on any atom is -0.396 e. The molecule has 0 saturated heterocycles. The quantitative estimate of drug-likeness (QED) is 0.864. The summed E-state index contributed by atoms with van der Waals surface area (Å²) in [4.78, 5) is 0. The summed E-state index contributed by atoms with van der Waals surface area (Å²) in [5.74, 6) is -0.213. The van der Waals surface area contributed by atoms with Crippen LogP contribution in [0.15, 0.2) is 22.7 Å². The van der Waals surface area contributed by atoms with Gasteiger partial charge in [0.05, 0.1) is 0 Å². The molecule has 0 spiro atoms. The van der Waals surface area contributed by atoms with E-state index in [0.717, 1.165) is 29.4 Å². The first-order valence-corrected chi connectivity index (χ1v) is 7.70. The highest BCUT2D eigenvalue weighted by molar-refractivity contribution is 9.10. The number of nitrogens with one attached hydrogen (secondary N) is 1. The number of hydrogen-bond acceptors (Lipinski definition) is 2. The van der Waals surface area contributed by atoms with E-state index >= 15 is 0 Å². The fourth-order valence-electron chi connectivity index (χ4n) is 2.83. The predicted molar refractivity (Wildman–Crippen MR) is 78.4 cm³/mol. The molecule has 2 nitrogen and oxygen atoms in total. The van der Waals surface area contributed by atoms with Crippen molar-refractivity contribution < 1.29 is 9.50 Å². The van der Waals surface area contributed by atoms with E-state index < -0.39 is 0 Å². The molecule has 2 rings (SSSR count). The smallest absolute Gasteiger partial charge is 0.123 e. The Balaban J connectivity index is 1.90. The molecular weight excluding hydrogens is 309 g/mol. The van der Waals surface area contributed by atoms with Gasteiger partial charge in [-0.1, -0.05) is 35.2 Å². The van der Waals surface area contributed by atoms with Crippen LogP contribution in [-0.4, -0.2) is 18.3 Å². The predicted octanol–water partition coefficient (Wildman–Crippen LogP) is 3.62. The monoisotopic (exact) mass is 329 g/mol. The molecule has 1 aromatic rings. The number of rotatable bonds is 5. The first-order chi connectivity index (χ1) is 9.15. The zero-order valence-corrected chi connectivity index (χ0v) is 12.7. The van der Waals surface area contributed by atoms with Gasteiger partial charge in [-0.2, -0.15) is 0 Å². The molecule has 1 fully saturated rings. The first kappa shape index (κ1) is 14.9. The largest absolute Gasteiger partial charge is 0.396 e. The Bertz CT molecular complexity index is 419. The molecule has 106 valence electrons. The van der Waals surface area contributed by atoms with E-state index in [-0.39, 0.29) is 17.8 Å². The first-order valence-electron chi connectivity index (χ1n) is 6.91. The minimum atomic E-state index is -0.213. The Morgan fingerprint density at radius 1 is 1.26 bits per heavy atom. The van der Waals surface area contributed by atoms with Crippen LogP contribution in [0, 0.1) is 11.2 Å². The van der Waals surface area contributed by atoms with Gasteiger partial charge in [0.2, 0.25) is 0 Å². The van der Waals surface area contributed by atoms with E-state index in [1.807, 2.05) is 0 Å². The summed E-state index contributed by atoms with van der Waals surface area (Å²) >= 11 is 3.43. The highest BCUT2D eigenvalue weighted by atomic mass is 79.9. The zero-order chi connectivity index (χ0) is 13.7. The number of benzene rings is 1. The van der Waals surface area contributed by atoms with Gasteiger partial charge in [-0.25, -0.2) is 4.39 Å². The van der Waals surface area contributed by atoms with Crippen molar-refractivity contribution in [3.63, 3.8) is 0 Å². The molecule has 0 heterocycles. The molecule has 0 amide bonds. The maximum Gasteiger partial charge on any atom is 0.123 e. The lowest BCUT2D eigenvalue weighted by Gasteiger charge is -2.35. The van der Waals surface area contributed by atoms with Crippen molar-refractivity contribution in [3.05, 3.63) is 34.1 Å². The highest BCUT2D eigenvalue weighted by Gasteiger charge is 2.30. The summed E-state index contributed by atoms with van der Waals surface area (Å²) in [7, 11) is 0. The molecule has 1 aliphatic rings. The molecule has 4 heteroatoms. The Morgan fingerprint density at radius 3 is 2.68 bits per heavy atom. The van der Waals surface area contributed by atoms with Gasteiger partial charge in [0.1, 0.15) is 5.82 Å². The normalized spacial score (nSPS) is 18.5. The van der Waals surface area contributed by atoms with Crippen LogP contribution >= 0.6 is 15.9 Å². The fraction of sp³-hybridized carbons (Fsp3) is 0.600. The van der Waals surface area contributed by atoms with Crippen molar-refractivity contribution in [1.82, 2.24) is 5.32 Å². The van der Waals surface area contributed by atoms with Crippen molar-refractivity contribution in [2.24, 2.45) is 5.41 Å². The molecule has 1 aliphatic carbocycles. The Morgan fingerprint density at radius 2 is 2.00 bits per heavy atom. The average Bonchev–Trinajstić information content (AvgIpc) is 2.44. The minimum absolute atomic E-state index is 0.0258. The third-order valence-electron chi connectivity index (χ3n) is 4.07. The SMILES string of the molecule is OCC1(CNCc2cc(F)ccc2Br)CCCCC1. The summed E-state index contributed by atoms with van der Waals surface area (Å²) in [6, 6.07) is 4.72. The van der Waals surface area contributed by atoms with Crippen LogP contribution in [0.5, 0.6) is 0 Å². The van der Waals surface area contributed by atoms with Crippen LogP contribution in [-0.2, 0) is 6.54 Å². The van der Waals surface area contributed by atoms with E-state index in [9.17, 15) is 9.50 Å². The molecule has 19 heavy (non-hydrogen) atoms. The number of aliphatic hydroxyl groups is 1. The fourth-order valence-corrected chi connectivity index (χ4v) is 3.22. The summed E-state index contributed by atoms with van der Waals surface area (Å²) < 4.78 is 14.1. The van der Waals surface area contributed by atoms with Gasteiger partial charge >= 0.3 is 0 Å². The van der Waals surface area contributed by atoms with Crippen LogP contribution in [0.25, 0.3) is 0 Å². The topological polar surface area (TPSA) is 32.3 Å². The summed E-state index contributed by atoms with van der Waals surface area (Å²) in [6.07, 6.45) is 5.84. The number of aliphatic hydroxyl groups excluding tert-OH is 1. The van der Waals surface area contributed by atoms with Crippen LogP contribution in [0.1, 0.15) is 37.7 Å². The van der Waals surface area contributed by atoms with Crippen LogP contribution < -0.4 is 5.32 Å². The molecule has 0 bridgehead atoms. The van der Waals surface area contributed by atoms with Crippen LogP contribution in [0.3, 0.4) is 0 Å². The molecule has 0 aromatic heterocycles. The van der Waals surface area contributed by atoms with Gasteiger partial charge in [-0.05, 0) is 36.6 Å². The Labute approximate surface area is 122 Å². The van der Waals surface area contributed by atoms with Crippen molar-refractivity contribution in [2.45, 2.75) is 38.6 Å². The van der Waals surface area contributed by atoms with Crippen LogP contribution in [0.2, 0.25) is 0 Å². The molecular formula is C15H21BrFNO.